The molecular weight excluding hydrogens is 276 g/mol. The van der Waals surface area contributed by atoms with Crippen molar-refractivity contribution < 1.29 is 5.11 Å². The Morgan fingerprint density at radius 3 is 2.75 bits per heavy atom. The zero-order chi connectivity index (χ0) is 14.7. The Labute approximate surface area is 122 Å². The van der Waals surface area contributed by atoms with Crippen LogP contribution in [0.2, 0.25) is 5.15 Å². The van der Waals surface area contributed by atoms with Crippen LogP contribution < -0.4 is 4.90 Å². The molecule has 0 amide bonds. The van der Waals surface area contributed by atoms with E-state index in [1.807, 2.05) is 13.2 Å². The molecular formula is C14H15ClN4O. The molecule has 20 heavy (non-hydrogen) atoms. The number of pyridine rings is 1. The van der Waals surface area contributed by atoms with Gasteiger partial charge in [0.25, 0.3) is 0 Å². The van der Waals surface area contributed by atoms with Crippen molar-refractivity contribution >= 4 is 17.3 Å². The summed E-state index contributed by atoms with van der Waals surface area (Å²) < 4.78 is 1.69. The van der Waals surface area contributed by atoms with Crippen molar-refractivity contribution in [3.63, 3.8) is 0 Å². The maximum Gasteiger partial charge on any atom is 0.131 e. The van der Waals surface area contributed by atoms with E-state index in [1.54, 1.807) is 42.0 Å². The lowest BCUT2D eigenvalue weighted by Crippen LogP contribution is -2.28. The molecule has 0 saturated carbocycles. The van der Waals surface area contributed by atoms with Crippen molar-refractivity contribution in [2.24, 2.45) is 7.05 Å². The number of hydrogen-bond donors (Lipinski definition) is 1. The quantitative estimate of drug-likeness (QED) is 0.519. The fraction of sp³-hybridized carbons (Fsp3) is 0.286. The van der Waals surface area contributed by atoms with Gasteiger partial charge < -0.3 is 10.0 Å². The number of aryl methyl sites for hydroxylation is 1. The molecule has 0 fully saturated rings. The third kappa shape index (κ3) is 3.29. The Hall–Kier alpha value is -2.03. The monoisotopic (exact) mass is 290 g/mol. The maximum absolute atomic E-state index is 9.68. The Kier molecular flexibility index (Phi) is 4.28. The molecule has 2 aromatic heterocycles. The minimum absolute atomic E-state index is 0.361. The predicted molar refractivity (Wildman–Crippen MR) is 78.5 cm³/mol. The summed E-state index contributed by atoms with van der Waals surface area (Å²) in [6.45, 7) is 1.67. The van der Waals surface area contributed by atoms with Crippen LogP contribution in [0.5, 0.6) is 0 Å². The number of nitrogens with zero attached hydrogens (tertiary/aromatic N) is 4. The van der Waals surface area contributed by atoms with Crippen LogP contribution in [0.25, 0.3) is 0 Å². The highest BCUT2D eigenvalue weighted by Gasteiger charge is 2.11. The molecule has 6 heteroatoms. The average molecular weight is 291 g/mol. The Morgan fingerprint density at radius 2 is 2.15 bits per heavy atom. The SMILES string of the molecule is CC(O)N(C)c1cc(Cl)ncc1C#Cc1cnn(C)c1. The number of aliphatic hydroxyl groups excluding tert-OH is 1. The number of hydrogen-bond acceptors (Lipinski definition) is 4. The first-order valence-corrected chi connectivity index (χ1v) is 6.42. The van der Waals surface area contributed by atoms with E-state index in [0.717, 1.165) is 11.3 Å². The Balaban J connectivity index is 2.39. The topological polar surface area (TPSA) is 54.2 Å². The van der Waals surface area contributed by atoms with Crippen molar-refractivity contribution in [1.82, 2.24) is 14.8 Å². The molecule has 1 N–H and O–H groups in total. The smallest absolute Gasteiger partial charge is 0.131 e. The molecule has 0 aliphatic carbocycles. The number of rotatable bonds is 2. The zero-order valence-electron chi connectivity index (χ0n) is 11.5. The molecule has 0 bridgehead atoms. The van der Waals surface area contributed by atoms with E-state index in [2.05, 4.69) is 21.9 Å². The molecule has 5 nitrogen and oxygen atoms in total. The fourth-order valence-corrected chi connectivity index (χ4v) is 1.79. The van der Waals surface area contributed by atoms with Gasteiger partial charge in [-0.15, -0.1) is 0 Å². The average Bonchev–Trinajstić information content (AvgIpc) is 2.82. The number of anilines is 1. The van der Waals surface area contributed by atoms with Gasteiger partial charge in [-0.05, 0) is 6.92 Å². The van der Waals surface area contributed by atoms with Crippen molar-refractivity contribution in [2.45, 2.75) is 13.2 Å². The third-order valence-corrected chi connectivity index (χ3v) is 3.04. The highest BCUT2D eigenvalue weighted by atomic mass is 35.5. The largest absolute Gasteiger partial charge is 0.374 e. The van der Waals surface area contributed by atoms with Crippen LogP contribution in [-0.2, 0) is 7.05 Å². The summed E-state index contributed by atoms with van der Waals surface area (Å²) in [5.74, 6) is 6.04. The van der Waals surface area contributed by atoms with Gasteiger partial charge in [0.05, 0.1) is 23.0 Å². The lowest BCUT2D eigenvalue weighted by molar-refractivity contribution is 0.195. The number of aliphatic hydroxyl groups is 1. The molecule has 0 aromatic carbocycles. The number of aromatic nitrogens is 3. The van der Waals surface area contributed by atoms with Gasteiger partial charge in [0, 0.05) is 32.6 Å². The highest BCUT2D eigenvalue weighted by molar-refractivity contribution is 6.29. The van der Waals surface area contributed by atoms with Gasteiger partial charge in [-0.25, -0.2) is 4.98 Å². The van der Waals surface area contributed by atoms with Crippen molar-refractivity contribution in [2.75, 3.05) is 11.9 Å². The van der Waals surface area contributed by atoms with Gasteiger partial charge >= 0.3 is 0 Å². The van der Waals surface area contributed by atoms with Gasteiger partial charge in [0.2, 0.25) is 0 Å². The second-order valence-electron chi connectivity index (χ2n) is 4.42. The molecule has 1 unspecified atom stereocenters. The summed E-state index contributed by atoms with van der Waals surface area (Å²) in [6, 6.07) is 1.68. The molecule has 0 aliphatic heterocycles. The third-order valence-electron chi connectivity index (χ3n) is 2.84. The van der Waals surface area contributed by atoms with Crippen LogP contribution in [0.1, 0.15) is 18.1 Å². The van der Waals surface area contributed by atoms with Gasteiger partial charge in [-0.2, -0.15) is 5.10 Å². The van der Waals surface area contributed by atoms with Crippen LogP contribution in [0, 0.1) is 11.8 Å². The van der Waals surface area contributed by atoms with Gasteiger partial charge in [0.15, 0.2) is 0 Å². The lowest BCUT2D eigenvalue weighted by Gasteiger charge is -2.23. The molecule has 0 spiro atoms. The molecule has 0 radical (unpaired) electrons. The van der Waals surface area contributed by atoms with Crippen molar-refractivity contribution in [3.8, 4) is 11.8 Å². The van der Waals surface area contributed by atoms with E-state index in [1.165, 1.54) is 0 Å². The van der Waals surface area contributed by atoms with E-state index in [4.69, 9.17) is 11.6 Å². The van der Waals surface area contributed by atoms with E-state index >= 15 is 0 Å². The molecule has 0 saturated heterocycles. The highest BCUT2D eigenvalue weighted by Crippen LogP contribution is 2.22. The van der Waals surface area contributed by atoms with Crippen LogP contribution in [0.15, 0.2) is 24.7 Å². The van der Waals surface area contributed by atoms with Crippen molar-refractivity contribution in [1.29, 1.82) is 0 Å². The fourth-order valence-electron chi connectivity index (χ4n) is 1.63. The summed E-state index contributed by atoms with van der Waals surface area (Å²) in [5, 5.41) is 14.1. The van der Waals surface area contributed by atoms with E-state index < -0.39 is 6.23 Å². The summed E-state index contributed by atoms with van der Waals surface area (Å²) in [7, 11) is 3.60. The first kappa shape index (κ1) is 14.4. The second kappa shape index (κ2) is 5.95. The first-order valence-electron chi connectivity index (χ1n) is 6.04. The van der Waals surface area contributed by atoms with E-state index in [0.29, 0.717) is 10.7 Å². The van der Waals surface area contributed by atoms with Crippen LogP contribution in [0.3, 0.4) is 0 Å². The molecule has 104 valence electrons. The maximum atomic E-state index is 9.68. The van der Waals surface area contributed by atoms with Crippen molar-refractivity contribution in [3.05, 3.63) is 40.9 Å². The molecule has 2 heterocycles. The molecule has 0 aliphatic rings. The predicted octanol–water partition coefficient (Wildman–Crippen LogP) is 1.64. The minimum Gasteiger partial charge on any atom is -0.374 e. The minimum atomic E-state index is -0.646. The van der Waals surface area contributed by atoms with Gasteiger partial charge in [-0.3, -0.25) is 4.68 Å². The van der Waals surface area contributed by atoms with Crippen LogP contribution in [-0.4, -0.2) is 33.1 Å². The van der Waals surface area contributed by atoms with Crippen LogP contribution in [0.4, 0.5) is 5.69 Å². The van der Waals surface area contributed by atoms with E-state index in [9.17, 15) is 5.11 Å². The summed E-state index contributed by atoms with van der Waals surface area (Å²) in [5.41, 5.74) is 2.24. The zero-order valence-corrected chi connectivity index (χ0v) is 12.3. The lowest BCUT2D eigenvalue weighted by atomic mass is 10.2. The molecule has 1 atom stereocenters. The normalized spacial score (nSPS) is 11.7. The Morgan fingerprint density at radius 1 is 1.40 bits per heavy atom. The van der Waals surface area contributed by atoms with Gasteiger partial charge in [-0.1, -0.05) is 23.4 Å². The summed E-state index contributed by atoms with van der Waals surface area (Å²) >= 11 is 5.91. The van der Waals surface area contributed by atoms with Gasteiger partial charge in [0.1, 0.15) is 11.4 Å². The Bertz CT molecular complexity index is 669. The number of halogens is 1. The standard InChI is InChI=1S/C14H15ClN4O/c1-10(20)19(3)13-6-14(15)16-8-12(13)5-4-11-7-17-18(2)9-11/h6-10,20H,1-3H3. The summed E-state index contributed by atoms with van der Waals surface area (Å²) in [6.07, 6.45) is 4.47. The molecule has 2 aromatic rings. The summed E-state index contributed by atoms with van der Waals surface area (Å²) in [4.78, 5) is 5.71. The van der Waals surface area contributed by atoms with E-state index in [-0.39, 0.29) is 0 Å². The molecule has 2 rings (SSSR count). The first-order chi connectivity index (χ1) is 9.47. The second-order valence-corrected chi connectivity index (χ2v) is 4.81. The van der Waals surface area contributed by atoms with Crippen LogP contribution >= 0.6 is 11.6 Å².